The molecule has 10 N–H and O–H groups in total. The molecule has 19 nitrogen and oxygen atoms in total. The highest BCUT2D eigenvalue weighted by Crippen LogP contribution is 2.19. The molecule has 356 valence electrons. The van der Waals surface area contributed by atoms with Gasteiger partial charge < -0.3 is 52.5 Å². The predicted molar refractivity (Wildman–Crippen MR) is 241 cm³/mol. The summed E-state index contributed by atoms with van der Waals surface area (Å²) in [4.78, 5) is 120. The Balaban J connectivity index is 1.63. The van der Waals surface area contributed by atoms with E-state index in [-0.39, 0.29) is 44.4 Å². The molecular weight excluding hydrogens is 841 g/mol. The van der Waals surface area contributed by atoms with Crippen LogP contribution in [0.5, 0.6) is 0 Å². The van der Waals surface area contributed by atoms with E-state index >= 15 is 0 Å². The summed E-state index contributed by atoms with van der Waals surface area (Å²) in [5.74, 6) is -6.38. The highest BCUT2D eigenvalue weighted by Gasteiger charge is 2.34. The third-order valence-electron chi connectivity index (χ3n) is 10.7. The highest BCUT2D eigenvalue weighted by atomic mass is 16.5. The Morgan fingerprint density at radius 1 is 0.877 bits per heavy atom. The van der Waals surface area contributed by atoms with Crippen LogP contribution in [0.15, 0.2) is 54.8 Å². The molecule has 1 aromatic heterocycles. The number of ketones is 1. The standard InChI is InChI=1S/C46H66N8O11/c1-3-4-5-6-7-9-12-17-32(56)18-13-10-8-11-14-21-39(58)51-35(22-23-38(47)57)44(62)54-42-30(2)65-41(60)28-50-43(61)37(29-55)53-45(63)36(52-40(59)24-25-48-46(42)64)26-31-27-49-34-20-16-15-19-33(31)34/h7,9,12,15-17,19-20,27,30,35-37,42,49,55H,3-6,8,10-11,13-14,18,21-26,28-29H2,1-2H3,(H2,47,57)(H,48,64)(H,50,61)(H,51,58)(H,52,59)(H,53,63)(H,54,62)/b9-7+,17-12-/t30-,35+,36+,37-,42-/m0/s1. The van der Waals surface area contributed by atoms with Gasteiger partial charge in [0, 0.05) is 55.7 Å². The summed E-state index contributed by atoms with van der Waals surface area (Å²) in [6.45, 7) is 1.56. The number of H-pyrrole nitrogens is 1. The molecule has 1 saturated heterocycles. The lowest BCUT2D eigenvalue weighted by Crippen LogP contribution is -2.58. The molecule has 5 atom stereocenters. The normalized spacial score (nSPS) is 19.7. The van der Waals surface area contributed by atoms with Gasteiger partial charge in [0.15, 0.2) is 5.78 Å². The monoisotopic (exact) mass is 906 g/mol. The summed E-state index contributed by atoms with van der Waals surface area (Å²) in [7, 11) is 0. The number of hydrogen-bond donors (Lipinski definition) is 9. The fourth-order valence-electron chi connectivity index (χ4n) is 6.99. The Kier molecular flexibility index (Phi) is 23.8. The number of aromatic nitrogens is 1. The minimum atomic E-state index is -1.59. The van der Waals surface area contributed by atoms with Gasteiger partial charge in [0.05, 0.1) is 6.61 Å². The average molecular weight is 907 g/mol. The number of carbonyl (C=O) groups excluding carboxylic acids is 9. The zero-order valence-electron chi connectivity index (χ0n) is 37.4. The smallest absolute Gasteiger partial charge is 0.325 e. The molecule has 65 heavy (non-hydrogen) atoms. The summed E-state index contributed by atoms with van der Waals surface area (Å²) < 4.78 is 5.39. The first kappa shape index (κ1) is 53.0. The quantitative estimate of drug-likeness (QED) is 0.0333. The van der Waals surface area contributed by atoms with E-state index in [0.717, 1.165) is 43.0 Å². The van der Waals surface area contributed by atoms with Crippen molar-refractivity contribution in [2.45, 2.75) is 140 Å². The molecule has 1 aliphatic rings. The van der Waals surface area contributed by atoms with E-state index in [4.69, 9.17) is 10.5 Å². The van der Waals surface area contributed by atoms with Crippen LogP contribution in [0.25, 0.3) is 10.9 Å². The third-order valence-corrected chi connectivity index (χ3v) is 10.7. The number of amides is 7. The number of ether oxygens (including phenoxy) is 1. The van der Waals surface area contributed by atoms with Crippen molar-refractivity contribution in [1.82, 2.24) is 36.9 Å². The molecule has 0 radical (unpaired) electrons. The van der Waals surface area contributed by atoms with Crippen LogP contribution in [0.3, 0.4) is 0 Å². The summed E-state index contributed by atoms with van der Waals surface area (Å²) in [5, 5.41) is 25.7. The lowest BCUT2D eigenvalue weighted by atomic mass is 10.0. The maximum atomic E-state index is 13.7. The zero-order chi connectivity index (χ0) is 47.6. The molecule has 7 amide bonds. The van der Waals surface area contributed by atoms with E-state index in [2.05, 4.69) is 49.9 Å². The Labute approximate surface area is 379 Å². The molecule has 0 saturated carbocycles. The number of allylic oxidation sites excluding steroid dienone is 4. The van der Waals surface area contributed by atoms with Gasteiger partial charge in [-0.1, -0.05) is 75.5 Å². The van der Waals surface area contributed by atoms with Gasteiger partial charge in [-0.2, -0.15) is 0 Å². The van der Waals surface area contributed by atoms with Crippen LogP contribution in [0, 0.1) is 0 Å². The molecular formula is C46H66N8O11. The minimum absolute atomic E-state index is 0.0155. The fourth-order valence-corrected chi connectivity index (χ4v) is 6.99. The number of fused-ring (bicyclic) bond motifs is 1. The Morgan fingerprint density at radius 3 is 2.35 bits per heavy atom. The van der Waals surface area contributed by atoms with E-state index in [1.54, 1.807) is 24.4 Å². The number of aliphatic hydroxyl groups is 1. The summed E-state index contributed by atoms with van der Waals surface area (Å²) >= 11 is 0. The number of esters is 1. The second-order valence-corrected chi connectivity index (χ2v) is 16.0. The number of carbonyl (C=O) groups is 9. The topological polar surface area (TPSA) is 297 Å². The number of nitrogens with one attached hydrogen (secondary N) is 7. The van der Waals surface area contributed by atoms with Gasteiger partial charge in [0.25, 0.3) is 0 Å². The molecule has 0 unspecified atom stereocenters. The largest absolute Gasteiger partial charge is 0.459 e. The van der Waals surface area contributed by atoms with Crippen molar-refractivity contribution in [3.63, 3.8) is 0 Å². The molecule has 1 fully saturated rings. The predicted octanol–water partition coefficient (Wildman–Crippen LogP) is 1.47. The van der Waals surface area contributed by atoms with Gasteiger partial charge in [0.2, 0.25) is 41.4 Å². The average Bonchev–Trinajstić information content (AvgIpc) is 3.68. The third kappa shape index (κ3) is 19.9. The van der Waals surface area contributed by atoms with Crippen molar-refractivity contribution in [3.05, 3.63) is 60.3 Å². The number of cyclic esters (lactones) is 1. The lowest BCUT2D eigenvalue weighted by Gasteiger charge is -2.27. The van der Waals surface area contributed by atoms with Crippen molar-refractivity contribution in [1.29, 1.82) is 0 Å². The summed E-state index contributed by atoms with van der Waals surface area (Å²) in [6.07, 6.45) is 15.2. The van der Waals surface area contributed by atoms with Crippen LogP contribution in [-0.4, -0.2) is 113 Å². The second kappa shape index (κ2) is 29.1. The van der Waals surface area contributed by atoms with Crippen LogP contribution < -0.4 is 37.6 Å². The van der Waals surface area contributed by atoms with E-state index in [0.29, 0.717) is 31.2 Å². The maximum Gasteiger partial charge on any atom is 0.325 e. The molecule has 1 aliphatic heterocycles. The second-order valence-electron chi connectivity index (χ2n) is 16.0. The number of hydrogen-bond acceptors (Lipinski definition) is 11. The molecule has 2 aromatic rings. The SMILES string of the molecule is CCCCC/C=C/C=C\C(=O)CCCCCCCC(=O)N[C@H](CCC(N)=O)C(=O)N[C@@H]1C(=O)NCCC(=O)N[C@H](Cc2c[nH]c3ccccc23)C(=O)N[C@@H](CO)C(=O)NCC(=O)O[C@H]1C. The number of unbranched alkanes of at least 4 members (excludes halogenated alkanes) is 7. The van der Waals surface area contributed by atoms with E-state index in [1.807, 2.05) is 24.3 Å². The number of rotatable bonds is 23. The fraction of sp³-hybridized carbons (Fsp3) is 0.543. The zero-order valence-corrected chi connectivity index (χ0v) is 37.4. The molecule has 19 heteroatoms. The minimum Gasteiger partial charge on any atom is -0.459 e. The van der Waals surface area contributed by atoms with E-state index < -0.39 is 90.7 Å². The van der Waals surface area contributed by atoms with Crippen molar-refractivity contribution in [2.24, 2.45) is 5.73 Å². The van der Waals surface area contributed by atoms with E-state index in [9.17, 15) is 48.3 Å². The van der Waals surface area contributed by atoms with Crippen LogP contribution in [0.2, 0.25) is 0 Å². The number of benzene rings is 1. The first-order valence-electron chi connectivity index (χ1n) is 22.5. The number of aromatic amines is 1. The van der Waals surface area contributed by atoms with Crippen molar-refractivity contribution in [2.75, 3.05) is 19.7 Å². The Bertz CT molecular complexity index is 2000. The van der Waals surface area contributed by atoms with Crippen LogP contribution in [0.1, 0.15) is 109 Å². The van der Waals surface area contributed by atoms with Crippen molar-refractivity contribution < 1.29 is 53.0 Å². The number of aliphatic hydroxyl groups excluding tert-OH is 1. The maximum absolute atomic E-state index is 13.7. The van der Waals surface area contributed by atoms with E-state index in [1.165, 1.54) is 13.3 Å². The lowest BCUT2D eigenvalue weighted by molar-refractivity contribution is -0.152. The van der Waals surface area contributed by atoms with Crippen LogP contribution in [-0.2, 0) is 54.3 Å². The number of primary amides is 1. The van der Waals surface area contributed by atoms with Gasteiger partial charge in [0.1, 0.15) is 36.8 Å². The molecule has 0 spiro atoms. The molecule has 0 aliphatic carbocycles. The van der Waals surface area contributed by atoms with Gasteiger partial charge in [-0.05, 0) is 56.7 Å². The van der Waals surface area contributed by atoms with Crippen molar-refractivity contribution in [3.8, 4) is 0 Å². The highest BCUT2D eigenvalue weighted by molar-refractivity contribution is 5.95. The Morgan fingerprint density at radius 2 is 1.62 bits per heavy atom. The molecule has 0 bridgehead atoms. The molecule has 2 heterocycles. The van der Waals surface area contributed by atoms with Crippen molar-refractivity contribution >= 4 is 64.0 Å². The summed E-state index contributed by atoms with van der Waals surface area (Å²) in [6, 6.07) is 1.63. The summed E-state index contributed by atoms with van der Waals surface area (Å²) in [5.41, 5.74) is 6.81. The number of para-hydroxylation sites is 1. The first-order chi connectivity index (χ1) is 31.2. The van der Waals surface area contributed by atoms with Crippen LogP contribution in [0.4, 0.5) is 0 Å². The van der Waals surface area contributed by atoms with Gasteiger partial charge in [-0.25, -0.2) is 0 Å². The Hall–Kier alpha value is -6.37. The molecule has 3 rings (SSSR count). The molecule has 1 aromatic carbocycles. The van der Waals surface area contributed by atoms with Gasteiger partial charge in [-0.3, -0.25) is 43.2 Å². The van der Waals surface area contributed by atoms with Gasteiger partial charge in [-0.15, -0.1) is 0 Å². The first-order valence-corrected chi connectivity index (χ1v) is 22.5. The van der Waals surface area contributed by atoms with Crippen LogP contribution >= 0.6 is 0 Å². The number of nitrogens with two attached hydrogens (primary N) is 1. The van der Waals surface area contributed by atoms with Gasteiger partial charge >= 0.3 is 5.97 Å².